The van der Waals surface area contributed by atoms with Crippen LogP contribution in [0.2, 0.25) is 10.0 Å². The van der Waals surface area contributed by atoms with Crippen LogP contribution in [-0.2, 0) is 4.79 Å². The third-order valence-electron chi connectivity index (χ3n) is 4.67. The van der Waals surface area contributed by atoms with E-state index in [1.165, 1.54) is 6.42 Å². The Morgan fingerprint density at radius 3 is 2.45 bits per heavy atom. The van der Waals surface area contributed by atoms with Crippen molar-refractivity contribution in [2.45, 2.75) is 58.8 Å². The van der Waals surface area contributed by atoms with Crippen LogP contribution in [0.1, 0.15) is 58.8 Å². The molecule has 22 heavy (non-hydrogen) atoms. The summed E-state index contributed by atoms with van der Waals surface area (Å²) in [5.74, 6) is 0.766. The van der Waals surface area contributed by atoms with Crippen LogP contribution in [0.15, 0.2) is 18.2 Å². The number of benzene rings is 1. The minimum atomic E-state index is -0.214. The van der Waals surface area contributed by atoms with Gasteiger partial charge in [-0.05, 0) is 49.8 Å². The molecule has 0 aliphatic heterocycles. The minimum absolute atomic E-state index is 0.145. The zero-order valence-corrected chi connectivity index (χ0v) is 14.9. The van der Waals surface area contributed by atoms with Gasteiger partial charge in [0.05, 0.1) is 10.0 Å². The van der Waals surface area contributed by atoms with Crippen molar-refractivity contribution in [3.63, 3.8) is 0 Å². The van der Waals surface area contributed by atoms with Gasteiger partial charge in [0, 0.05) is 11.1 Å². The number of amides is 1. The predicted octanol–water partition coefficient (Wildman–Crippen LogP) is 6.32. The van der Waals surface area contributed by atoms with Crippen LogP contribution >= 0.6 is 23.2 Å². The number of hydrogen-bond acceptors (Lipinski definition) is 1. The Balaban J connectivity index is 2.12. The van der Waals surface area contributed by atoms with Crippen molar-refractivity contribution in [2.24, 2.45) is 11.3 Å². The van der Waals surface area contributed by atoms with Gasteiger partial charge < -0.3 is 5.32 Å². The summed E-state index contributed by atoms with van der Waals surface area (Å²) in [5, 5.41) is 4.04. The molecule has 0 aromatic heterocycles. The van der Waals surface area contributed by atoms with Gasteiger partial charge in [-0.3, -0.25) is 4.79 Å². The van der Waals surface area contributed by atoms with Crippen LogP contribution in [0, 0.1) is 11.3 Å². The van der Waals surface area contributed by atoms with Gasteiger partial charge in [-0.25, -0.2) is 0 Å². The fourth-order valence-electron chi connectivity index (χ4n) is 3.22. The second kappa shape index (κ2) is 7.70. The van der Waals surface area contributed by atoms with Crippen molar-refractivity contribution in [1.82, 2.24) is 0 Å². The van der Waals surface area contributed by atoms with Gasteiger partial charge in [0.1, 0.15) is 0 Å². The molecule has 1 saturated carbocycles. The average molecular weight is 342 g/mol. The normalized spacial score (nSPS) is 17.5. The molecule has 1 fully saturated rings. The van der Waals surface area contributed by atoms with Crippen LogP contribution < -0.4 is 5.32 Å². The van der Waals surface area contributed by atoms with Crippen molar-refractivity contribution in [3.8, 4) is 0 Å². The molecule has 4 heteroatoms. The number of carbonyl (C=O) groups excluding carboxylic acids is 1. The lowest BCUT2D eigenvalue weighted by Gasteiger charge is -2.36. The van der Waals surface area contributed by atoms with Crippen LogP contribution in [0.25, 0.3) is 0 Å². The molecule has 2 nitrogen and oxygen atoms in total. The number of anilines is 1. The maximum Gasteiger partial charge on any atom is 0.230 e. The molecule has 1 N–H and O–H groups in total. The van der Waals surface area contributed by atoms with Gasteiger partial charge in [-0.15, -0.1) is 0 Å². The molecular formula is C18H25Cl2NO. The highest BCUT2D eigenvalue weighted by molar-refractivity contribution is 6.42. The molecule has 0 saturated heterocycles. The van der Waals surface area contributed by atoms with Crippen molar-refractivity contribution in [3.05, 3.63) is 28.2 Å². The lowest BCUT2D eigenvalue weighted by molar-refractivity contribution is -0.128. The van der Waals surface area contributed by atoms with Crippen LogP contribution in [0.4, 0.5) is 5.69 Å². The molecule has 1 aromatic carbocycles. The Hall–Kier alpha value is -0.730. The van der Waals surface area contributed by atoms with E-state index in [0.717, 1.165) is 44.2 Å². The first-order valence-corrected chi connectivity index (χ1v) is 8.95. The Kier molecular flexibility index (Phi) is 6.17. The minimum Gasteiger partial charge on any atom is -0.326 e. The molecule has 0 radical (unpaired) electrons. The topological polar surface area (TPSA) is 29.1 Å². The second-order valence-corrected chi connectivity index (χ2v) is 7.67. The maximum absolute atomic E-state index is 12.9. The number of hydrogen-bond donors (Lipinski definition) is 1. The second-order valence-electron chi connectivity index (χ2n) is 6.86. The zero-order chi connectivity index (χ0) is 16.2. The number of nitrogens with one attached hydrogen (secondary N) is 1. The number of rotatable bonds is 5. The largest absolute Gasteiger partial charge is 0.326 e. The molecule has 0 unspecified atom stereocenters. The van der Waals surface area contributed by atoms with Crippen LogP contribution in [0.3, 0.4) is 0 Å². The quantitative estimate of drug-likeness (QED) is 0.666. The number of halogens is 2. The van der Waals surface area contributed by atoms with Crippen molar-refractivity contribution in [2.75, 3.05) is 5.32 Å². The maximum atomic E-state index is 12.9. The Bertz CT molecular complexity index is 522. The first-order valence-electron chi connectivity index (χ1n) is 8.19. The van der Waals surface area contributed by atoms with E-state index in [9.17, 15) is 4.79 Å². The molecule has 0 heterocycles. The lowest BCUT2D eigenvalue weighted by Crippen LogP contribution is -2.38. The highest BCUT2D eigenvalue weighted by atomic mass is 35.5. The Morgan fingerprint density at radius 2 is 1.86 bits per heavy atom. The van der Waals surface area contributed by atoms with E-state index in [0.29, 0.717) is 16.0 Å². The monoisotopic (exact) mass is 341 g/mol. The van der Waals surface area contributed by atoms with Gasteiger partial charge in [-0.1, -0.05) is 56.3 Å². The summed E-state index contributed by atoms with van der Waals surface area (Å²) in [6, 6.07) is 5.26. The van der Waals surface area contributed by atoms with E-state index in [1.54, 1.807) is 12.1 Å². The highest BCUT2D eigenvalue weighted by Gasteiger charge is 2.39. The molecule has 2 rings (SSSR count). The Labute approximate surface area is 143 Å². The van der Waals surface area contributed by atoms with E-state index in [4.69, 9.17) is 23.2 Å². The Morgan fingerprint density at radius 1 is 1.18 bits per heavy atom. The van der Waals surface area contributed by atoms with Crippen LogP contribution in [-0.4, -0.2) is 5.91 Å². The zero-order valence-electron chi connectivity index (χ0n) is 13.4. The summed E-state index contributed by atoms with van der Waals surface area (Å²) in [4.78, 5) is 12.9. The van der Waals surface area contributed by atoms with Crippen LogP contribution in [0.5, 0.6) is 0 Å². The van der Waals surface area contributed by atoms with E-state index in [2.05, 4.69) is 19.2 Å². The van der Waals surface area contributed by atoms with Crippen molar-refractivity contribution >= 4 is 34.8 Å². The third-order valence-corrected chi connectivity index (χ3v) is 5.41. The standard InChI is InChI=1S/C18H25Cl2NO/c1-13(2)8-11-18(9-4-3-5-10-18)17(22)21-14-6-7-15(19)16(20)12-14/h6-7,12-13H,3-5,8-11H2,1-2H3,(H,21,22). The van der Waals surface area contributed by atoms with E-state index >= 15 is 0 Å². The molecule has 1 aromatic rings. The SMILES string of the molecule is CC(C)CCC1(C(=O)Nc2ccc(Cl)c(Cl)c2)CCCCC1. The van der Waals surface area contributed by atoms with Gasteiger partial charge in [0.25, 0.3) is 0 Å². The van der Waals surface area contributed by atoms with E-state index in [1.807, 2.05) is 6.07 Å². The average Bonchev–Trinajstić information content (AvgIpc) is 2.50. The van der Waals surface area contributed by atoms with Gasteiger partial charge in [0.2, 0.25) is 5.91 Å². The molecule has 0 atom stereocenters. The molecule has 1 aliphatic carbocycles. The molecular weight excluding hydrogens is 317 g/mol. The fourth-order valence-corrected chi connectivity index (χ4v) is 3.52. The predicted molar refractivity (Wildman–Crippen MR) is 94.7 cm³/mol. The summed E-state index contributed by atoms with van der Waals surface area (Å²) >= 11 is 12.0. The van der Waals surface area contributed by atoms with Gasteiger partial charge >= 0.3 is 0 Å². The summed E-state index contributed by atoms with van der Waals surface area (Å²) in [6.45, 7) is 4.43. The summed E-state index contributed by atoms with van der Waals surface area (Å²) < 4.78 is 0. The first-order chi connectivity index (χ1) is 10.4. The molecule has 1 aliphatic rings. The molecule has 122 valence electrons. The first kappa shape index (κ1) is 17.6. The van der Waals surface area contributed by atoms with Crippen molar-refractivity contribution < 1.29 is 4.79 Å². The molecule has 1 amide bonds. The van der Waals surface area contributed by atoms with E-state index in [-0.39, 0.29) is 11.3 Å². The molecule has 0 spiro atoms. The fraction of sp³-hybridized carbons (Fsp3) is 0.611. The third kappa shape index (κ3) is 4.39. The van der Waals surface area contributed by atoms with Gasteiger partial charge in [0.15, 0.2) is 0 Å². The summed E-state index contributed by atoms with van der Waals surface area (Å²) in [5.41, 5.74) is 0.517. The van der Waals surface area contributed by atoms with E-state index < -0.39 is 0 Å². The number of carbonyl (C=O) groups is 1. The lowest BCUT2D eigenvalue weighted by atomic mass is 9.69. The summed E-state index contributed by atoms with van der Waals surface area (Å²) in [6.07, 6.45) is 7.58. The smallest absolute Gasteiger partial charge is 0.230 e. The molecule has 0 bridgehead atoms. The summed E-state index contributed by atoms with van der Waals surface area (Å²) in [7, 11) is 0. The van der Waals surface area contributed by atoms with Gasteiger partial charge in [-0.2, -0.15) is 0 Å². The van der Waals surface area contributed by atoms with Crippen molar-refractivity contribution in [1.29, 1.82) is 0 Å². The highest BCUT2D eigenvalue weighted by Crippen LogP contribution is 2.42.